The maximum atomic E-state index is 12.3. The molecule has 3 N–H and O–H groups in total. The monoisotopic (exact) mass is 404 g/mol. The van der Waals surface area contributed by atoms with Crippen LogP contribution in [0.2, 0.25) is 0 Å². The summed E-state index contributed by atoms with van der Waals surface area (Å²) in [5.74, 6) is -0.144. The molecule has 1 heterocycles. The Hall–Kier alpha value is -1.18. The zero-order valence-corrected chi connectivity index (χ0v) is 16.9. The van der Waals surface area contributed by atoms with Crippen molar-refractivity contribution in [1.29, 1.82) is 0 Å². The van der Waals surface area contributed by atoms with Crippen molar-refractivity contribution in [2.75, 3.05) is 19.6 Å². The zero-order valence-electron chi connectivity index (χ0n) is 14.5. The molecule has 0 aliphatic heterocycles. The standard InChI is InChI=1S/C17H24N4OS.2ClH/c1-3-21(4-2)15(13-8-6-5-7-9-13)11-19-17(22)14-12-23-16(10-18)20-14;;/h5-9,12,15H,3-4,10-11,18H2,1-2H3,(H,19,22);2*1H. The second kappa shape index (κ2) is 12.2. The fraction of sp³-hybridized carbons (Fsp3) is 0.412. The number of amides is 1. The number of likely N-dealkylation sites (N-methyl/N-ethyl adjacent to an activating group) is 1. The lowest BCUT2D eigenvalue weighted by atomic mass is 10.1. The number of thiazole rings is 1. The summed E-state index contributed by atoms with van der Waals surface area (Å²) in [6.07, 6.45) is 0. The third kappa shape index (κ3) is 6.56. The molecule has 5 nitrogen and oxygen atoms in total. The number of halogens is 2. The molecular formula is C17H26Cl2N4OS. The van der Waals surface area contributed by atoms with E-state index in [1.807, 2.05) is 18.2 Å². The smallest absolute Gasteiger partial charge is 0.270 e. The SMILES string of the molecule is CCN(CC)C(CNC(=O)c1csc(CN)n1)c1ccccc1.Cl.Cl. The van der Waals surface area contributed by atoms with Crippen molar-refractivity contribution in [1.82, 2.24) is 15.2 Å². The molecule has 1 aromatic carbocycles. The van der Waals surface area contributed by atoms with Crippen LogP contribution in [-0.2, 0) is 6.54 Å². The minimum Gasteiger partial charge on any atom is -0.349 e. The number of rotatable bonds is 8. The first-order chi connectivity index (χ1) is 11.2. The molecule has 0 saturated heterocycles. The molecule has 25 heavy (non-hydrogen) atoms. The molecule has 0 spiro atoms. The molecule has 2 aromatic rings. The second-order valence-electron chi connectivity index (χ2n) is 5.19. The van der Waals surface area contributed by atoms with E-state index >= 15 is 0 Å². The Bertz CT molecular complexity index is 620. The minimum absolute atomic E-state index is 0. The van der Waals surface area contributed by atoms with Gasteiger partial charge in [0.1, 0.15) is 10.7 Å². The zero-order chi connectivity index (χ0) is 16.7. The predicted octanol–water partition coefficient (Wildman–Crippen LogP) is 3.26. The molecule has 2 rings (SSSR count). The van der Waals surface area contributed by atoms with Gasteiger partial charge in [-0.3, -0.25) is 9.69 Å². The maximum absolute atomic E-state index is 12.3. The van der Waals surface area contributed by atoms with E-state index in [4.69, 9.17) is 5.73 Å². The van der Waals surface area contributed by atoms with Gasteiger partial charge >= 0.3 is 0 Å². The summed E-state index contributed by atoms with van der Waals surface area (Å²) in [4.78, 5) is 18.9. The van der Waals surface area contributed by atoms with Crippen molar-refractivity contribution in [2.24, 2.45) is 5.73 Å². The lowest BCUT2D eigenvalue weighted by Gasteiger charge is -2.30. The van der Waals surface area contributed by atoms with Gasteiger partial charge in [0.2, 0.25) is 0 Å². The lowest BCUT2D eigenvalue weighted by Crippen LogP contribution is -2.38. The minimum atomic E-state index is -0.144. The molecule has 0 radical (unpaired) electrons. The van der Waals surface area contributed by atoms with Crippen LogP contribution in [-0.4, -0.2) is 35.4 Å². The molecule has 1 amide bonds. The Morgan fingerprint density at radius 2 is 1.88 bits per heavy atom. The van der Waals surface area contributed by atoms with Crippen molar-refractivity contribution in [3.63, 3.8) is 0 Å². The Kier molecular flexibility index (Phi) is 11.6. The third-order valence-corrected chi connectivity index (χ3v) is 4.72. The summed E-state index contributed by atoms with van der Waals surface area (Å²) < 4.78 is 0. The van der Waals surface area contributed by atoms with Gasteiger partial charge in [0, 0.05) is 18.5 Å². The molecule has 0 aliphatic carbocycles. The highest BCUT2D eigenvalue weighted by molar-refractivity contribution is 7.09. The second-order valence-corrected chi connectivity index (χ2v) is 6.13. The van der Waals surface area contributed by atoms with Crippen LogP contribution in [0.1, 0.15) is 40.9 Å². The lowest BCUT2D eigenvalue weighted by molar-refractivity contribution is 0.0930. The topological polar surface area (TPSA) is 71.2 Å². The van der Waals surface area contributed by atoms with E-state index in [1.54, 1.807) is 5.38 Å². The van der Waals surface area contributed by atoms with Crippen LogP contribution in [0.25, 0.3) is 0 Å². The van der Waals surface area contributed by atoms with Gasteiger partial charge in [-0.25, -0.2) is 4.98 Å². The molecule has 1 aromatic heterocycles. The van der Waals surface area contributed by atoms with Gasteiger partial charge in [0.05, 0.1) is 6.04 Å². The van der Waals surface area contributed by atoms with Crippen LogP contribution in [0.5, 0.6) is 0 Å². The van der Waals surface area contributed by atoms with E-state index in [0.29, 0.717) is 18.8 Å². The molecule has 0 bridgehead atoms. The van der Waals surface area contributed by atoms with E-state index in [2.05, 4.69) is 41.2 Å². The van der Waals surface area contributed by atoms with E-state index in [-0.39, 0.29) is 36.8 Å². The van der Waals surface area contributed by atoms with Crippen LogP contribution in [0, 0.1) is 0 Å². The number of nitrogens with two attached hydrogens (primary N) is 1. The molecule has 8 heteroatoms. The number of benzene rings is 1. The van der Waals surface area contributed by atoms with Crippen LogP contribution in [0.15, 0.2) is 35.7 Å². The average Bonchev–Trinajstić information content (AvgIpc) is 3.08. The number of carbonyl (C=O) groups is 1. The Labute approximate surface area is 165 Å². The predicted molar refractivity (Wildman–Crippen MR) is 109 cm³/mol. The van der Waals surface area contributed by atoms with Crippen molar-refractivity contribution in [3.05, 3.63) is 52.0 Å². The van der Waals surface area contributed by atoms with Gasteiger partial charge in [0.25, 0.3) is 5.91 Å². The Morgan fingerprint density at radius 1 is 1.24 bits per heavy atom. The quantitative estimate of drug-likeness (QED) is 0.707. The Morgan fingerprint density at radius 3 is 2.40 bits per heavy atom. The first-order valence-electron chi connectivity index (χ1n) is 7.91. The highest BCUT2D eigenvalue weighted by Crippen LogP contribution is 2.19. The molecular weight excluding hydrogens is 379 g/mol. The molecule has 140 valence electrons. The Balaban J connectivity index is 0.00000288. The number of hydrogen-bond acceptors (Lipinski definition) is 5. The number of nitrogens with one attached hydrogen (secondary N) is 1. The van der Waals surface area contributed by atoms with Gasteiger partial charge in [-0.05, 0) is 18.7 Å². The molecule has 0 aliphatic rings. The molecule has 1 unspecified atom stereocenters. The summed E-state index contributed by atoms with van der Waals surface area (Å²) >= 11 is 1.42. The molecule has 1 atom stereocenters. The average molecular weight is 405 g/mol. The van der Waals surface area contributed by atoms with E-state index in [0.717, 1.165) is 18.1 Å². The summed E-state index contributed by atoms with van der Waals surface area (Å²) in [7, 11) is 0. The van der Waals surface area contributed by atoms with Crippen molar-refractivity contribution >= 4 is 42.1 Å². The van der Waals surface area contributed by atoms with Crippen LogP contribution in [0.4, 0.5) is 0 Å². The number of nitrogens with zero attached hydrogens (tertiary/aromatic N) is 2. The van der Waals surface area contributed by atoms with Crippen molar-refractivity contribution in [2.45, 2.75) is 26.4 Å². The first kappa shape index (κ1) is 23.8. The fourth-order valence-electron chi connectivity index (χ4n) is 2.59. The van der Waals surface area contributed by atoms with Crippen molar-refractivity contribution in [3.8, 4) is 0 Å². The number of hydrogen-bond donors (Lipinski definition) is 2. The van der Waals surface area contributed by atoms with Gasteiger partial charge in [-0.2, -0.15) is 0 Å². The van der Waals surface area contributed by atoms with E-state index in [9.17, 15) is 4.79 Å². The summed E-state index contributed by atoms with van der Waals surface area (Å²) in [6, 6.07) is 10.4. The summed E-state index contributed by atoms with van der Waals surface area (Å²) in [5, 5.41) is 5.54. The summed E-state index contributed by atoms with van der Waals surface area (Å²) in [5.41, 5.74) is 7.20. The van der Waals surface area contributed by atoms with Gasteiger partial charge in [0.15, 0.2) is 0 Å². The maximum Gasteiger partial charge on any atom is 0.270 e. The van der Waals surface area contributed by atoms with Gasteiger partial charge in [-0.1, -0.05) is 44.2 Å². The van der Waals surface area contributed by atoms with Crippen LogP contribution < -0.4 is 11.1 Å². The first-order valence-corrected chi connectivity index (χ1v) is 8.79. The molecule has 0 saturated carbocycles. The molecule has 0 fully saturated rings. The van der Waals surface area contributed by atoms with Crippen LogP contribution >= 0.6 is 36.2 Å². The fourth-order valence-corrected chi connectivity index (χ4v) is 3.24. The van der Waals surface area contributed by atoms with E-state index in [1.165, 1.54) is 16.9 Å². The normalized spacial score (nSPS) is 11.4. The summed E-state index contributed by atoms with van der Waals surface area (Å²) in [6.45, 7) is 7.05. The highest BCUT2D eigenvalue weighted by Gasteiger charge is 2.19. The third-order valence-electron chi connectivity index (χ3n) is 3.85. The highest BCUT2D eigenvalue weighted by atomic mass is 35.5. The van der Waals surface area contributed by atoms with Crippen molar-refractivity contribution < 1.29 is 4.79 Å². The number of carbonyl (C=O) groups excluding carboxylic acids is 1. The van der Waals surface area contributed by atoms with Crippen LogP contribution in [0.3, 0.4) is 0 Å². The van der Waals surface area contributed by atoms with Gasteiger partial charge in [-0.15, -0.1) is 36.2 Å². The van der Waals surface area contributed by atoms with Gasteiger partial charge < -0.3 is 11.1 Å². The largest absolute Gasteiger partial charge is 0.349 e. The van der Waals surface area contributed by atoms with E-state index < -0.39 is 0 Å². The number of aromatic nitrogens is 1.